The van der Waals surface area contributed by atoms with E-state index < -0.39 is 0 Å². The molecule has 0 aliphatic heterocycles. The van der Waals surface area contributed by atoms with Crippen LogP contribution >= 0.6 is 0 Å². The molecule has 3 nitrogen and oxygen atoms in total. The molecule has 3 N–H and O–H groups in total. The monoisotopic (exact) mass is 192 g/mol. The van der Waals surface area contributed by atoms with E-state index in [9.17, 15) is 4.79 Å². The van der Waals surface area contributed by atoms with Crippen LogP contribution in [0.1, 0.15) is 18.1 Å². The molecule has 1 rings (SSSR count). The van der Waals surface area contributed by atoms with Crippen molar-refractivity contribution in [2.45, 2.75) is 19.9 Å². The minimum atomic E-state index is -0.115. The predicted molar refractivity (Wildman–Crippen MR) is 56.7 cm³/mol. The molecule has 0 saturated carbocycles. The van der Waals surface area contributed by atoms with Crippen LogP contribution in [0.5, 0.6) is 0 Å². The number of nitrogens with one attached hydrogen (secondary N) is 1. The van der Waals surface area contributed by atoms with Gasteiger partial charge in [0.15, 0.2) is 0 Å². The zero-order valence-corrected chi connectivity index (χ0v) is 8.42. The first-order valence-electron chi connectivity index (χ1n) is 4.81. The highest BCUT2D eigenvalue weighted by molar-refractivity contribution is 5.77. The van der Waals surface area contributed by atoms with E-state index in [4.69, 9.17) is 5.73 Å². The molecule has 3 heteroatoms. The molecule has 0 fully saturated rings. The van der Waals surface area contributed by atoms with E-state index >= 15 is 0 Å². The van der Waals surface area contributed by atoms with Crippen molar-refractivity contribution in [3.63, 3.8) is 0 Å². The highest BCUT2D eigenvalue weighted by Gasteiger charge is 2.01. The summed E-state index contributed by atoms with van der Waals surface area (Å²) in [6, 6.07) is 8.08. The van der Waals surface area contributed by atoms with E-state index in [1.807, 2.05) is 18.2 Å². The van der Waals surface area contributed by atoms with Gasteiger partial charge in [-0.3, -0.25) is 4.79 Å². The molecule has 0 atom stereocenters. The van der Waals surface area contributed by atoms with Gasteiger partial charge < -0.3 is 11.1 Å². The van der Waals surface area contributed by atoms with Crippen molar-refractivity contribution in [2.24, 2.45) is 5.73 Å². The number of hydrogen-bond donors (Lipinski definition) is 2. The first-order chi connectivity index (χ1) is 6.77. The van der Waals surface area contributed by atoms with E-state index in [1.54, 1.807) is 0 Å². The maximum Gasteiger partial charge on any atom is 0.234 e. The molecule has 0 bridgehead atoms. The van der Waals surface area contributed by atoms with Gasteiger partial charge in [0.2, 0.25) is 5.91 Å². The second-order valence-corrected chi connectivity index (χ2v) is 3.10. The van der Waals surface area contributed by atoms with Gasteiger partial charge in [-0.2, -0.15) is 0 Å². The Labute approximate surface area is 84.3 Å². The maximum atomic E-state index is 10.9. The van der Waals surface area contributed by atoms with E-state index in [0.717, 1.165) is 12.0 Å². The van der Waals surface area contributed by atoms with Crippen LogP contribution in [0.4, 0.5) is 0 Å². The quantitative estimate of drug-likeness (QED) is 0.742. The number of rotatable bonds is 4. The summed E-state index contributed by atoms with van der Waals surface area (Å²) in [6.45, 7) is 2.72. The van der Waals surface area contributed by atoms with Crippen molar-refractivity contribution in [3.8, 4) is 0 Å². The molecular weight excluding hydrogens is 176 g/mol. The highest BCUT2D eigenvalue weighted by Crippen LogP contribution is 2.08. The van der Waals surface area contributed by atoms with Gasteiger partial charge in [-0.15, -0.1) is 0 Å². The number of amides is 1. The highest BCUT2D eigenvalue weighted by atomic mass is 16.1. The maximum absolute atomic E-state index is 10.9. The van der Waals surface area contributed by atoms with Crippen molar-refractivity contribution >= 4 is 5.91 Å². The summed E-state index contributed by atoms with van der Waals surface area (Å²) >= 11 is 0. The Kier molecular flexibility index (Phi) is 4.13. The lowest BCUT2D eigenvalue weighted by Gasteiger charge is -2.08. The standard InChI is InChI=1S/C11H16N2O/c1-2-9-5-3-4-6-10(9)8-13-11(14)7-12/h3-6H,2,7-8,12H2,1H3,(H,13,14). The van der Waals surface area contributed by atoms with Crippen LogP contribution in [0.15, 0.2) is 24.3 Å². The third-order valence-corrected chi connectivity index (χ3v) is 2.16. The van der Waals surface area contributed by atoms with E-state index in [2.05, 4.69) is 18.3 Å². The second-order valence-electron chi connectivity index (χ2n) is 3.10. The number of benzene rings is 1. The molecule has 14 heavy (non-hydrogen) atoms. The van der Waals surface area contributed by atoms with Gasteiger partial charge in [0, 0.05) is 6.54 Å². The summed E-state index contributed by atoms with van der Waals surface area (Å²) in [6.07, 6.45) is 0.981. The van der Waals surface area contributed by atoms with Crippen molar-refractivity contribution in [3.05, 3.63) is 35.4 Å². The van der Waals surface area contributed by atoms with Crippen LogP contribution in [0.2, 0.25) is 0 Å². The number of carbonyl (C=O) groups excluding carboxylic acids is 1. The van der Waals surface area contributed by atoms with Crippen LogP contribution in [0, 0.1) is 0 Å². The zero-order valence-electron chi connectivity index (χ0n) is 8.42. The zero-order chi connectivity index (χ0) is 10.4. The Hall–Kier alpha value is -1.35. The van der Waals surface area contributed by atoms with Crippen molar-refractivity contribution < 1.29 is 4.79 Å². The molecule has 1 aromatic carbocycles. The Morgan fingerprint density at radius 2 is 2.00 bits per heavy atom. The SMILES string of the molecule is CCc1ccccc1CNC(=O)CN. The number of carbonyl (C=O) groups is 1. The van der Waals surface area contributed by atoms with Crippen LogP contribution in [-0.2, 0) is 17.8 Å². The molecule has 76 valence electrons. The van der Waals surface area contributed by atoms with Gasteiger partial charge in [-0.1, -0.05) is 31.2 Å². The van der Waals surface area contributed by atoms with Gasteiger partial charge in [-0.05, 0) is 17.5 Å². The molecule has 1 amide bonds. The van der Waals surface area contributed by atoms with Crippen LogP contribution in [-0.4, -0.2) is 12.5 Å². The average Bonchev–Trinajstić information content (AvgIpc) is 2.26. The fraction of sp³-hybridized carbons (Fsp3) is 0.364. The molecule has 0 heterocycles. The summed E-state index contributed by atoms with van der Waals surface area (Å²) in [4.78, 5) is 10.9. The van der Waals surface area contributed by atoms with Crippen molar-refractivity contribution in [1.29, 1.82) is 0 Å². The Morgan fingerprint density at radius 3 is 2.57 bits per heavy atom. The Bertz CT molecular complexity index is 310. The summed E-state index contributed by atoms with van der Waals surface area (Å²) in [7, 11) is 0. The third-order valence-electron chi connectivity index (χ3n) is 2.16. The van der Waals surface area contributed by atoms with Gasteiger partial charge >= 0.3 is 0 Å². The lowest BCUT2D eigenvalue weighted by Crippen LogP contribution is -2.29. The summed E-state index contributed by atoms with van der Waals surface area (Å²) in [5.41, 5.74) is 7.63. The number of hydrogen-bond acceptors (Lipinski definition) is 2. The number of aryl methyl sites for hydroxylation is 1. The lowest BCUT2D eigenvalue weighted by atomic mass is 10.1. The van der Waals surface area contributed by atoms with Gasteiger partial charge in [0.1, 0.15) is 0 Å². The summed E-state index contributed by atoms with van der Waals surface area (Å²) < 4.78 is 0. The minimum absolute atomic E-state index is 0.0499. The largest absolute Gasteiger partial charge is 0.351 e. The first-order valence-corrected chi connectivity index (χ1v) is 4.81. The molecule has 0 aliphatic rings. The molecule has 0 aromatic heterocycles. The summed E-state index contributed by atoms with van der Waals surface area (Å²) in [5.74, 6) is -0.115. The first kappa shape index (κ1) is 10.7. The Morgan fingerprint density at radius 1 is 1.36 bits per heavy atom. The predicted octanol–water partition coefficient (Wildman–Crippen LogP) is 0.824. The summed E-state index contributed by atoms with van der Waals surface area (Å²) in [5, 5.41) is 2.76. The van der Waals surface area contributed by atoms with Crippen LogP contribution in [0.25, 0.3) is 0 Å². The normalized spacial score (nSPS) is 9.86. The molecule has 0 radical (unpaired) electrons. The average molecular weight is 192 g/mol. The van der Waals surface area contributed by atoms with Crippen LogP contribution in [0.3, 0.4) is 0 Å². The topological polar surface area (TPSA) is 55.1 Å². The van der Waals surface area contributed by atoms with E-state index in [1.165, 1.54) is 5.56 Å². The minimum Gasteiger partial charge on any atom is -0.351 e. The van der Waals surface area contributed by atoms with Gasteiger partial charge in [-0.25, -0.2) is 0 Å². The molecule has 0 unspecified atom stereocenters. The van der Waals surface area contributed by atoms with E-state index in [-0.39, 0.29) is 12.5 Å². The van der Waals surface area contributed by atoms with Crippen molar-refractivity contribution in [2.75, 3.05) is 6.54 Å². The smallest absolute Gasteiger partial charge is 0.234 e. The van der Waals surface area contributed by atoms with Crippen LogP contribution < -0.4 is 11.1 Å². The molecule has 0 spiro atoms. The fourth-order valence-corrected chi connectivity index (χ4v) is 1.34. The second kappa shape index (κ2) is 5.40. The molecular formula is C11H16N2O. The fourth-order valence-electron chi connectivity index (χ4n) is 1.34. The van der Waals surface area contributed by atoms with Gasteiger partial charge in [0.25, 0.3) is 0 Å². The third kappa shape index (κ3) is 2.85. The van der Waals surface area contributed by atoms with E-state index in [0.29, 0.717) is 6.54 Å². The number of nitrogens with two attached hydrogens (primary N) is 1. The Balaban J connectivity index is 2.61. The molecule has 1 aromatic rings. The van der Waals surface area contributed by atoms with Crippen molar-refractivity contribution in [1.82, 2.24) is 5.32 Å². The van der Waals surface area contributed by atoms with Gasteiger partial charge in [0.05, 0.1) is 6.54 Å². The molecule has 0 aliphatic carbocycles. The lowest BCUT2D eigenvalue weighted by molar-refractivity contribution is -0.119. The molecule has 0 saturated heterocycles.